The highest BCUT2D eigenvalue weighted by molar-refractivity contribution is 7.45. The molecule has 0 atom stereocenters. The van der Waals surface area contributed by atoms with Crippen molar-refractivity contribution in [2.75, 3.05) is 13.2 Å². The molecular weight excluding hydrogens is 551 g/mol. The summed E-state index contributed by atoms with van der Waals surface area (Å²) >= 11 is 0. The van der Waals surface area contributed by atoms with E-state index in [9.17, 15) is 0 Å². The van der Waals surface area contributed by atoms with Gasteiger partial charge in [-0.2, -0.15) is 0 Å². The van der Waals surface area contributed by atoms with Crippen molar-refractivity contribution in [2.24, 2.45) is 0 Å². The highest BCUT2D eigenvalue weighted by Gasteiger charge is 2.25. The van der Waals surface area contributed by atoms with Gasteiger partial charge in [-0.25, -0.2) is 4.57 Å². The lowest BCUT2D eigenvalue weighted by Gasteiger charge is -2.16. The van der Waals surface area contributed by atoms with Crippen molar-refractivity contribution in [1.82, 2.24) is 0 Å². The van der Waals surface area contributed by atoms with Gasteiger partial charge in [-0.15, -0.1) is 0 Å². The lowest BCUT2D eigenvalue weighted by atomic mass is 10.00. The second-order valence-electron chi connectivity index (χ2n) is 11.6. The van der Waals surface area contributed by atoms with E-state index in [1.807, 2.05) is 0 Å². The Morgan fingerprint density at radius 1 is 0.619 bits per heavy atom. The molecule has 0 bridgehead atoms. The zero-order chi connectivity index (χ0) is 30.2. The molecule has 2 aromatic rings. The van der Waals surface area contributed by atoms with Gasteiger partial charge in [0.25, 0.3) is 0 Å². The standard InChI is InChI=1S/C34H50O3.H3O4P/c1-3-5-7-9-11-13-15-17-27-19-21-31(29-23-25-35-33(27)29)37-32-22-20-28(34-30(32)24-26-36-34)18-16-14-12-10-8-6-4-2;1-5(2,3)4/h19-22H,3-18,23-26H2,1-2H3;(H3,1,2,3,4). The molecule has 0 aliphatic carbocycles. The van der Waals surface area contributed by atoms with E-state index >= 15 is 0 Å². The Balaban J connectivity index is 0.000000892. The van der Waals surface area contributed by atoms with E-state index in [2.05, 4.69) is 38.1 Å². The van der Waals surface area contributed by atoms with Gasteiger partial charge in [-0.3, -0.25) is 0 Å². The first-order valence-electron chi connectivity index (χ1n) is 16.3. The molecule has 0 fully saturated rings. The number of ether oxygens (including phenoxy) is 3. The van der Waals surface area contributed by atoms with E-state index in [1.54, 1.807) is 0 Å². The van der Waals surface area contributed by atoms with E-state index in [1.165, 1.54) is 112 Å². The van der Waals surface area contributed by atoms with Gasteiger partial charge in [0.2, 0.25) is 0 Å². The minimum absolute atomic E-state index is 0.762. The molecule has 8 heteroatoms. The number of fused-ring (bicyclic) bond motifs is 2. The Hall–Kier alpha value is -2.05. The van der Waals surface area contributed by atoms with Gasteiger partial charge in [0, 0.05) is 24.0 Å². The molecule has 0 spiro atoms. The molecule has 2 aliphatic heterocycles. The summed E-state index contributed by atoms with van der Waals surface area (Å²) in [6, 6.07) is 8.84. The third-order valence-electron chi connectivity index (χ3n) is 8.11. The second-order valence-corrected chi connectivity index (χ2v) is 12.6. The molecule has 3 N–H and O–H groups in total. The highest BCUT2D eigenvalue weighted by Crippen LogP contribution is 2.43. The summed E-state index contributed by atoms with van der Waals surface area (Å²) in [6.07, 6.45) is 22.8. The molecule has 2 aromatic carbocycles. The van der Waals surface area contributed by atoms with Crippen molar-refractivity contribution in [3.8, 4) is 23.0 Å². The number of hydrogen-bond donors (Lipinski definition) is 3. The number of hydrogen-bond acceptors (Lipinski definition) is 4. The van der Waals surface area contributed by atoms with Crippen LogP contribution < -0.4 is 14.2 Å². The number of rotatable bonds is 18. The van der Waals surface area contributed by atoms with Gasteiger partial charge in [-0.1, -0.05) is 103 Å². The van der Waals surface area contributed by atoms with Gasteiger partial charge in [-0.05, 0) is 48.9 Å². The Bertz CT molecular complexity index is 1040. The minimum Gasteiger partial charge on any atom is -0.493 e. The van der Waals surface area contributed by atoms with Crippen molar-refractivity contribution < 1.29 is 33.5 Å². The Morgan fingerprint density at radius 3 is 1.36 bits per heavy atom. The predicted octanol–water partition coefficient (Wildman–Crippen LogP) is 9.01. The molecule has 0 radical (unpaired) electrons. The largest absolute Gasteiger partial charge is 0.493 e. The highest BCUT2D eigenvalue weighted by atomic mass is 31.2. The average molecular weight is 605 g/mol. The first kappa shape index (κ1) is 34.4. The molecule has 0 saturated heterocycles. The fraction of sp³-hybridized carbons (Fsp3) is 0.647. The SMILES string of the molecule is CCCCCCCCCc1ccc(Oc2ccc(CCCCCCCCC)c3c2CCO3)c2c1OCC2.O=P(O)(O)O. The molecule has 2 heterocycles. The number of aryl methyl sites for hydroxylation is 2. The number of unbranched alkanes of at least 4 members (excludes halogenated alkanes) is 12. The van der Waals surface area contributed by atoms with E-state index in [0.29, 0.717) is 0 Å². The molecule has 236 valence electrons. The van der Waals surface area contributed by atoms with Crippen LogP contribution >= 0.6 is 7.82 Å². The molecule has 7 nitrogen and oxygen atoms in total. The van der Waals surface area contributed by atoms with Crippen LogP contribution in [0.1, 0.15) is 126 Å². The zero-order valence-electron chi connectivity index (χ0n) is 25.9. The fourth-order valence-electron chi connectivity index (χ4n) is 5.91. The molecule has 0 amide bonds. The predicted molar refractivity (Wildman–Crippen MR) is 169 cm³/mol. The van der Waals surface area contributed by atoms with Gasteiger partial charge in [0.15, 0.2) is 0 Å². The van der Waals surface area contributed by atoms with Crippen molar-refractivity contribution in [1.29, 1.82) is 0 Å². The molecule has 42 heavy (non-hydrogen) atoms. The maximum absolute atomic E-state index is 8.88. The summed E-state index contributed by atoms with van der Waals surface area (Å²) in [5.41, 5.74) is 5.21. The van der Waals surface area contributed by atoms with E-state index < -0.39 is 7.82 Å². The number of phosphoric acid groups is 1. The summed E-state index contributed by atoms with van der Waals surface area (Å²) in [4.78, 5) is 21.6. The second kappa shape index (κ2) is 18.6. The Labute approximate surface area is 253 Å². The normalized spacial score (nSPS) is 13.5. The van der Waals surface area contributed by atoms with Crippen LogP contribution in [0.2, 0.25) is 0 Å². The monoisotopic (exact) mass is 604 g/mol. The van der Waals surface area contributed by atoms with Crippen LogP contribution in [0.4, 0.5) is 0 Å². The quantitative estimate of drug-likeness (QED) is 0.115. The summed E-state index contributed by atoms with van der Waals surface area (Å²) in [5.74, 6) is 4.10. The van der Waals surface area contributed by atoms with Crippen LogP contribution in [0.25, 0.3) is 0 Å². The summed E-state index contributed by atoms with van der Waals surface area (Å²) < 4.78 is 27.7. The maximum Gasteiger partial charge on any atom is 0.466 e. The van der Waals surface area contributed by atoms with Crippen molar-refractivity contribution >= 4 is 7.82 Å². The Morgan fingerprint density at radius 2 is 0.976 bits per heavy atom. The summed E-state index contributed by atoms with van der Waals surface area (Å²) in [6.45, 7) is 6.08. The Kier molecular flexibility index (Phi) is 15.2. The molecular formula is C34H53O7P. The van der Waals surface area contributed by atoms with E-state index in [0.717, 1.165) is 61.9 Å². The lowest BCUT2D eigenvalue weighted by Crippen LogP contribution is -1.97. The molecule has 0 aromatic heterocycles. The van der Waals surface area contributed by atoms with Gasteiger partial charge >= 0.3 is 7.82 Å². The van der Waals surface area contributed by atoms with Crippen molar-refractivity contribution in [3.05, 3.63) is 46.5 Å². The fourth-order valence-corrected chi connectivity index (χ4v) is 5.91. The van der Waals surface area contributed by atoms with Gasteiger partial charge < -0.3 is 28.9 Å². The number of benzene rings is 2. The maximum atomic E-state index is 8.88. The minimum atomic E-state index is -4.64. The molecule has 0 saturated carbocycles. The summed E-state index contributed by atoms with van der Waals surface area (Å²) in [7, 11) is -4.64. The van der Waals surface area contributed by atoms with E-state index in [4.69, 9.17) is 33.5 Å². The average Bonchev–Trinajstić information content (AvgIpc) is 3.64. The molecule has 2 aliphatic rings. The van der Waals surface area contributed by atoms with Crippen molar-refractivity contribution in [2.45, 2.75) is 129 Å². The summed E-state index contributed by atoms with van der Waals surface area (Å²) in [5, 5.41) is 0. The topological polar surface area (TPSA) is 105 Å². The van der Waals surface area contributed by atoms with Crippen LogP contribution in [0.3, 0.4) is 0 Å². The third-order valence-corrected chi connectivity index (χ3v) is 8.11. The van der Waals surface area contributed by atoms with Crippen molar-refractivity contribution in [3.63, 3.8) is 0 Å². The third kappa shape index (κ3) is 11.9. The smallest absolute Gasteiger partial charge is 0.466 e. The van der Waals surface area contributed by atoms with Gasteiger partial charge in [0.1, 0.15) is 23.0 Å². The zero-order valence-corrected chi connectivity index (χ0v) is 26.8. The van der Waals surface area contributed by atoms with Crippen LogP contribution in [-0.2, 0) is 30.2 Å². The van der Waals surface area contributed by atoms with Crippen LogP contribution in [0.5, 0.6) is 23.0 Å². The molecule has 4 rings (SSSR count). The van der Waals surface area contributed by atoms with Crippen LogP contribution in [-0.4, -0.2) is 27.9 Å². The van der Waals surface area contributed by atoms with Crippen LogP contribution in [0, 0.1) is 0 Å². The lowest BCUT2D eigenvalue weighted by molar-refractivity contribution is 0.275. The first-order chi connectivity index (χ1) is 20.3. The van der Waals surface area contributed by atoms with Gasteiger partial charge in [0.05, 0.1) is 13.2 Å². The van der Waals surface area contributed by atoms with Crippen LogP contribution in [0.15, 0.2) is 24.3 Å². The van der Waals surface area contributed by atoms with E-state index in [-0.39, 0.29) is 0 Å². The first-order valence-corrected chi connectivity index (χ1v) is 17.9. The molecule has 0 unspecified atom stereocenters.